The topological polar surface area (TPSA) is 43.4 Å². The van der Waals surface area contributed by atoms with E-state index < -0.39 is 5.92 Å². The van der Waals surface area contributed by atoms with Crippen LogP contribution in [0.5, 0.6) is 5.75 Å². The summed E-state index contributed by atoms with van der Waals surface area (Å²) in [6.45, 7) is 2.13. The lowest BCUT2D eigenvalue weighted by atomic mass is 9.84. The van der Waals surface area contributed by atoms with E-state index in [-0.39, 0.29) is 11.6 Å². The smallest absolute Gasteiger partial charge is 0.144 e. The van der Waals surface area contributed by atoms with Crippen molar-refractivity contribution in [3.63, 3.8) is 0 Å². The van der Waals surface area contributed by atoms with E-state index in [9.17, 15) is 9.59 Å². The van der Waals surface area contributed by atoms with Crippen LogP contribution in [0.4, 0.5) is 0 Å². The molecule has 3 heteroatoms. The molecule has 1 aromatic rings. The fraction of sp³-hybridized carbons (Fsp3) is 0.500. The summed E-state index contributed by atoms with van der Waals surface area (Å²) in [6.07, 6.45) is 7.70. The average molecular weight is 312 g/mol. The number of benzene rings is 1. The molecular weight excluding hydrogens is 288 g/mol. The van der Waals surface area contributed by atoms with Crippen LogP contribution in [0.2, 0.25) is 0 Å². The van der Waals surface area contributed by atoms with Crippen molar-refractivity contribution in [2.75, 3.05) is 7.11 Å². The maximum absolute atomic E-state index is 11.8. The van der Waals surface area contributed by atoms with Crippen LogP contribution in [0, 0.1) is 5.92 Å². The Kier molecular flexibility index (Phi) is 4.65. The molecule has 122 valence electrons. The fourth-order valence-corrected chi connectivity index (χ4v) is 3.75. The summed E-state index contributed by atoms with van der Waals surface area (Å²) in [6, 6.07) is 4.39. The van der Waals surface area contributed by atoms with Gasteiger partial charge >= 0.3 is 0 Å². The molecule has 1 aromatic carbocycles. The Hall–Kier alpha value is -1.90. The minimum atomic E-state index is -0.392. The second-order valence-electron chi connectivity index (χ2n) is 6.48. The molecule has 0 bridgehead atoms. The van der Waals surface area contributed by atoms with Gasteiger partial charge in [-0.05, 0) is 66.5 Å². The zero-order valence-electron chi connectivity index (χ0n) is 14.0. The Bertz CT molecular complexity index is 654. The minimum Gasteiger partial charge on any atom is -0.496 e. The highest BCUT2D eigenvalue weighted by molar-refractivity contribution is 6.08. The van der Waals surface area contributed by atoms with E-state index >= 15 is 0 Å². The molecule has 1 fully saturated rings. The summed E-state index contributed by atoms with van der Waals surface area (Å²) in [4.78, 5) is 23.6. The predicted molar refractivity (Wildman–Crippen MR) is 90.6 cm³/mol. The van der Waals surface area contributed by atoms with Gasteiger partial charge in [0.2, 0.25) is 0 Å². The highest BCUT2D eigenvalue weighted by Gasteiger charge is 2.31. The first-order valence-corrected chi connectivity index (χ1v) is 8.58. The van der Waals surface area contributed by atoms with Crippen LogP contribution in [-0.2, 0) is 22.4 Å². The zero-order chi connectivity index (χ0) is 16.4. The molecule has 2 aliphatic carbocycles. The second-order valence-corrected chi connectivity index (χ2v) is 6.48. The number of ketones is 2. The van der Waals surface area contributed by atoms with Crippen molar-refractivity contribution in [1.29, 1.82) is 0 Å². The van der Waals surface area contributed by atoms with Crippen LogP contribution in [0.15, 0.2) is 18.2 Å². The normalized spacial score (nSPS) is 20.2. The van der Waals surface area contributed by atoms with Gasteiger partial charge in [-0.3, -0.25) is 9.59 Å². The molecule has 0 unspecified atom stereocenters. The molecule has 0 amide bonds. The summed E-state index contributed by atoms with van der Waals surface area (Å²) >= 11 is 0. The third-order valence-electron chi connectivity index (χ3n) is 5.12. The maximum Gasteiger partial charge on any atom is 0.144 e. The highest BCUT2D eigenvalue weighted by atomic mass is 16.5. The third kappa shape index (κ3) is 3.10. The molecule has 2 aliphatic rings. The molecule has 0 atom stereocenters. The molecule has 0 saturated heterocycles. The van der Waals surface area contributed by atoms with Crippen molar-refractivity contribution in [3.8, 4) is 5.75 Å². The van der Waals surface area contributed by atoms with Gasteiger partial charge in [-0.25, -0.2) is 0 Å². The Morgan fingerprint density at radius 3 is 2.52 bits per heavy atom. The summed E-state index contributed by atoms with van der Waals surface area (Å²) in [5, 5.41) is 0. The molecule has 23 heavy (non-hydrogen) atoms. The number of allylic oxidation sites excluding steroid dienone is 2. The van der Waals surface area contributed by atoms with E-state index in [1.807, 2.05) is 0 Å². The van der Waals surface area contributed by atoms with Gasteiger partial charge in [0.25, 0.3) is 0 Å². The van der Waals surface area contributed by atoms with E-state index in [1.165, 1.54) is 22.3 Å². The van der Waals surface area contributed by atoms with Crippen molar-refractivity contribution in [2.45, 2.75) is 51.9 Å². The first kappa shape index (κ1) is 16.0. The molecule has 0 aliphatic heterocycles. The number of hydrogen-bond acceptors (Lipinski definition) is 3. The Morgan fingerprint density at radius 2 is 1.87 bits per heavy atom. The van der Waals surface area contributed by atoms with Crippen LogP contribution in [-0.4, -0.2) is 18.7 Å². The highest BCUT2D eigenvalue weighted by Crippen LogP contribution is 2.36. The SMILES string of the molecule is CCc1cc2c(cc1OC)CCCC2=CCC1C(=O)CCC1=O. The lowest BCUT2D eigenvalue weighted by molar-refractivity contribution is -0.126. The first-order chi connectivity index (χ1) is 11.1. The minimum absolute atomic E-state index is 0.117. The van der Waals surface area contributed by atoms with Gasteiger partial charge in [-0.1, -0.05) is 13.0 Å². The number of methoxy groups -OCH3 is 1. The molecule has 1 saturated carbocycles. The summed E-state index contributed by atoms with van der Waals surface area (Å²) in [5.74, 6) is 0.809. The second kappa shape index (κ2) is 6.69. The van der Waals surface area contributed by atoms with E-state index in [0.717, 1.165) is 31.4 Å². The monoisotopic (exact) mass is 312 g/mol. The van der Waals surface area contributed by atoms with E-state index in [0.29, 0.717) is 19.3 Å². The quantitative estimate of drug-likeness (QED) is 0.792. The van der Waals surface area contributed by atoms with Crippen molar-refractivity contribution in [2.24, 2.45) is 5.92 Å². The van der Waals surface area contributed by atoms with Crippen LogP contribution in [0.1, 0.15) is 55.7 Å². The average Bonchev–Trinajstić information content (AvgIpc) is 2.89. The van der Waals surface area contributed by atoms with Gasteiger partial charge < -0.3 is 4.74 Å². The molecule has 0 spiro atoms. The lowest BCUT2D eigenvalue weighted by Crippen LogP contribution is -2.13. The van der Waals surface area contributed by atoms with Crippen LogP contribution < -0.4 is 4.74 Å². The van der Waals surface area contributed by atoms with Crippen LogP contribution in [0.3, 0.4) is 0 Å². The van der Waals surface area contributed by atoms with Gasteiger partial charge in [0.15, 0.2) is 0 Å². The molecule has 0 aromatic heterocycles. The number of carbonyl (C=O) groups is 2. The Balaban J connectivity index is 1.90. The van der Waals surface area contributed by atoms with Gasteiger partial charge in [0.05, 0.1) is 13.0 Å². The van der Waals surface area contributed by atoms with Gasteiger partial charge in [-0.15, -0.1) is 0 Å². The number of hydrogen-bond donors (Lipinski definition) is 0. The van der Waals surface area contributed by atoms with Crippen molar-refractivity contribution in [1.82, 2.24) is 0 Å². The van der Waals surface area contributed by atoms with E-state index in [1.54, 1.807) is 7.11 Å². The molecule has 3 nitrogen and oxygen atoms in total. The number of ether oxygens (including phenoxy) is 1. The summed E-state index contributed by atoms with van der Waals surface area (Å²) in [5.41, 5.74) is 5.11. The molecule has 0 N–H and O–H groups in total. The zero-order valence-corrected chi connectivity index (χ0v) is 14.0. The number of Topliss-reactive ketones (excluding diaryl/α,β-unsaturated/α-hetero) is 2. The standard InChI is InChI=1S/C20H24O3/c1-3-13-11-17-14(5-4-6-15(17)12-20(13)23-2)7-8-16-18(21)9-10-19(16)22/h7,11-12,16H,3-6,8-10H2,1-2H3. The van der Waals surface area contributed by atoms with Crippen LogP contribution in [0.25, 0.3) is 5.57 Å². The van der Waals surface area contributed by atoms with E-state index in [4.69, 9.17) is 4.74 Å². The van der Waals surface area contributed by atoms with Crippen molar-refractivity contribution >= 4 is 17.1 Å². The van der Waals surface area contributed by atoms with E-state index in [2.05, 4.69) is 25.1 Å². The number of carbonyl (C=O) groups excluding carboxylic acids is 2. The fourth-order valence-electron chi connectivity index (χ4n) is 3.75. The largest absolute Gasteiger partial charge is 0.496 e. The molecule has 3 rings (SSSR count). The predicted octanol–water partition coefficient (Wildman–Crippen LogP) is 3.92. The van der Waals surface area contributed by atoms with Crippen molar-refractivity contribution < 1.29 is 14.3 Å². The third-order valence-corrected chi connectivity index (χ3v) is 5.12. The summed E-state index contributed by atoms with van der Waals surface area (Å²) in [7, 11) is 1.72. The van der Waals surface area contributed by atoms with Gasteiger partial charge in [-0.2, -0.15) is 0 Å². The summed E-state index contributed by atoms with van der Waals surface area (Å²) < 4.78 is 5.50. The van der Waals surface area contributed by atoms with Crippen molar-refractivity contribution in [3.05, 3.63) is 34.9 Å². The lowest BCUT2D eigenvalue weighted by Gasteiger charge is -2.22. The van der Waals surface area contributed by atoms with Gasteiger partial charge in [0.1, 0.15) is 17.3 Å². The molecular formula is C20H24O3. The number of aryl methyl sites for hydroxylation is 2. The molecule has 0 heterocycles. The molecule has 0 radical (unpaired) electrons. The Labute approximate surface area is 137 Å². The Morgan fingerprint density at radius 1 is 1.13 bits per heavy atom. The van der Waals surface area contributed by atoms with Crippen LogP contribution >= 0.6 is 0 Å². The number of rotatable bonds is 4. The maximum atomic E-state index is 11.8. The first-order valence-electron chi connectivity index (χ1n) is 8.58. The number of fused-ring (bicyclic) bond motifs is 1. The van der Waals surface area contributed by atoms with Gasteiger partial charge in [0, 0.05) is 12.8 Å².